The van der Waals surface area contributed by atoms with Gasteiger partial charge in [-0.2, -0.15) is 0 Å². The SMILES string of the molecule is CCC(N)C(Oc1ccc(C)cc1Cl)c1ccc(Cl)s1. The molecule has 0 spiro atoms. The number of ether oxygens (including phenoxy) is 1. The molecule has 1 aromatic heterocycles. The predicted octanol–water partition coefficient (Wildman–Crippen LogP) is 5.22. The van der Waals surface area contributed by atoms with Crippen LogP contribution >= 0.6 is 34.5 Å². The monoisotopic (exact) mass is 329 g/mol. The Morgan fingerprint density at radius 2 is 2.00 bits per heavy atom. The summed E-state index contributed by atoms with van der Waals surface area (Å²) >= 11 is 13.7. The van der Waals surface area contributed by atoms with Crippen molar-refractivity contribution in [2.75, 3.05) is 0 Å². The first-order valence-corrected chi connectivity index (χ1v) is 8.02. The molecule has 2 nitrogen and oxygen atoms in total. The second kappa shape index (κ2) is 6.81. The van der Waals surface area contributed by atoms with Crippen LogP contribution in [-0.4, -0.2) is 6.04 Å². The lowest BCUT2D eigenvalue weighted by Crippen LogP contribution is -2.31. The van der Waals surface area contributed by atoms with Crippen molar-refractivity contribution in [1.29, 1.82) is 0 Å². The average molecular weight is 330 g/mol. The first-order valence-electron chi connectivity index (χ1n) is 6.45. The highest BCUT2D eigenvalue weighted by Gasteiger charge is 2.23. The number of nitrogens with two attached hydrogens (primary N) is 1. The zero-order valence-corrected chi connectivity index (χ0v) is 13.7. The third-order valence-electron chi connectivity index (χ3n) is 3.08. The summed E-state index contributed by atoms with van der Waals surface area (Å²) in [5, 5.41) is 0.598. The zero-order valence-electron chi connectivity index (χ0n) is 11.4. The Hall–Kier alpha value is -0.740. The molecule has 2 atom stereocenters. The molecule has 0 bridgehead atoms. The van der Waals surface area contributed by atoms with E-state index in [0.717, 1.165) is 21.2 Å². The van der Waals surface area contributed by atoms with Crippen LogP contribution in [0.15, 0.2) is 30.3 Å². The first-order chi connectivity index (χ1) is 9.51. The van der Waals surface area contributed by atoms with Crippen LogP contribution in [0.25, 0.3) is 0 Å². The van der Waals surface area contributed by atoms with Crippen molar-refractivity contribution >= 4 is 34.5 Å². The summed E-state index contributed by atoms with van der Waals surface area (Å²) < 4.78 is 6.78. The fourth-order valence-corrected chi connectivity index (χ4v) is 3.34. The second-order valence-electron chi connectivity index (χ2n) is 4.69. The molecule has 0 aliphatic carbocycles. The topological polar surface area (TPSA) is 35.2 Å². The summed E-state index contributed by atoms with van der Waals surface area (Å²) in [6.45, 7) is 4.02. The number of halogens is 2. The van der Waals surface area contributed by atoms with Crippen molar-refractivity contribution in [1.82, 2.24) is 0 Å². The van der Waals surface area contributed by atoms with Crippen LogP contribution in [0.4, 0.5) is 0 Å². The molecule has 0 saturated carbocycles. The molecule has 2 N–H and O–H groups in total. The fourth-order valence-electron chi connectivity index (χ4n) is 1.89. The van der Waals surface area contributed by atoms with E-state index in [1.807, 2.05) is 44.2 Å². The van der Waals surface area contributed by atoms with E-state index in [-0.39, 0.29) is 12.1 Å². The van der Waals surface area contributed by atoms with E-state index in [1.54, 1.807) is 0 Å². The van der Waals surface area contributed by atoms with E-state index < -0.39 is 0 Å². The Morgan fingerprint density at radius 1 is 1.25 bits per heavy atom. The highest BCUT2D eigenvalue weighted by Crippen LogP contribution is 2.35. The quantitative estimate of drug-likeness (QED) is 0.815. The van der Waals surface area contributed by atoms with Crippen LogP contribution in [0.5, 0.6) is 5.75 Å². The smallest absolute Gasteiger partial charge is 0.148 e. The Kier molecular flexibility index (Phi) is 5.33. The van der Waals surface area contributed by atoms with Gasteiger partial charge in [-0.1, -0.05) is 36.2 Å². The molecule has 0 fully saturated rings. The van der Waals surface area contributed by atoms with E-state index in [9.17, 15) is 0 Å². The lowest BCUT2D eigenvalue weighted by Gasteiger charge is -2.24. The van der Waals surface area contributed by atoms with Crippen LogP contribution in [0.1, 0.15) is 29.9 Å². The lowest BCUT2D eigenvalue weighted by molar-refractivity contribution is 0.175. The maximum Gasteiger partial charge on any atom is 0.148 e. The number of rotatable bonds is 5. The van der Waals surface area contributed by atoms with Crippen LogP contribution in [0.2, 0.25) is 9.36 Å². The Labute approximate surface area is 133 Å². The van der Waals surface area contributed by atoms with Gasteiger partial charge < -0.3 is 10.5 Å². The Balaban J connectivity index is 2.28. The molecule has 108 valence electrons. The molecule has 1 aromatic carbocycles. The number of aryl methyl sites for hydroxylation is 1. The fraction of sp³-hybridized carbons (Fsp3) is 0.333. The van der Waals surface area contributed by atoms with Gasteiger partial charge in [-0.15, -0.1) is 11.3 Å². The van der Waals surface area contributed by atoms with Crippen molar-refractivity contribution in [3.63, 3.8) is 0 Å². The summed E-state index contributed by atoms with van der Waals surface area (Å²) in [5.74, 6) is 0.649. The molecular weight excluding hydrogens is 313 g/mol. The Bertz CT molecular complexity index is 585. The molecule has 20 heavy (non-hydrogen) atoms. The molecule has 2 aromatic rings. The highest BCUT2D eigenvalue weighted by atomic mass is 35.5. The molecule has 1 heterocycles. The third kappa shape index (κ3) is 3.67. The summed E-state index contributed by atoms with van der Waals surface area (Å²) in [6, 6.07) is 9.43. The summed E-state index contributed by atoms with van der Waals surface area (Å²) in [7, 11) is 0. The molecule has 0 amide bonds. The van der Waals surface area contributed by atoms with Crippen molar-refractivity contribution in [3.8, 4) is 5.75 Å². The summed E-state index contributed by atoms with van der Waals surface area (Å²) in [4.78, 5) is 1.01. The number of hydrogen-bond donors (Lipinski definition) is 1. The Morgan fingerprint density at radius 3 is 2.55 bits per heavy atom. The van der Waals surface area contributed by atoms with E-state index in [4.69, 9.17) is 33.7 Å². The number of benzene rings is 1. The molecular formula is C15H17Cl2NOS. The molecule has 0 aliphatic heterocycles. The molecule has 0 saturated heterocycles. The number of thiophene rings is 1. The van der Waals surface area contributed by atoms with Crippen LogP contribution < -0.4 is 10.5 Å². The minimum atomic E-state index is -0.238. The average Bonchev–Trinajstić information content (AvgIpc) is 2.83. The van der Waals surface area contributed by atoms with Gasteiger partial charge in [0.1, 0.15) is 11.9 Å². The predicted molar refractivity (Wildman–Crippen MR) is 87.2 cm³/mol. The van der Waals surface area contributed by atoms with E-state index >= 15 is 0 Å². The zero-order chi connectivity index (χ0) is 14.7. The van der Waals surface area contributed by atoms with E-state index in [2.05, 4.69) is 0 Å². The molecule has 2 unspecified atom stereocenters. The largest absolute Gasteiger partial charge is 0.482 e. The van der Waals surface area contributed by atoms with E-state index in [1.165, 1.54) is 11.3 Å². The minimum Gasteiger partial charge on any atom is -0.482 e. The molecule has 0 radical (unpaired) electrons. The van der Waals surface area contributed by atoms with Crippen molar-refractivity contribution in [2.45, 2.75) is 32.4 Å². The first kappa shape index (κ1) is 15.6. The van der Waals surface area contributed by atoms with Crippen LogP contribution in [0, 0.1) is 6.92 Å². The van der Waals surface area contributed by atoms with Crippen LogP contribution in [0.3, 0.4) is 0 Å². The van der Waals surface area contributed by atoms with Crippen molar-refractivity contribution in [3.05, 3.63) is 50.1 Å². The van der Waals surface area contributed by atoms with Crippen molar-refractivity contribution in [2.24, 2.45) is 5.73 Å². The maximum atomic E-state index is 6.23. The van der Waals surface area contributed by atoms with Crippen LogP contribution in [-0.2, 0) is 0 Å². The van der Waals surface area contributed by atoms with Gasteiger partial charge in [-0.3, -0.25) is 0 Å². The number of hydrogen-bond acceptors (Lipinski definition) is 3. The molecule has 5 heteroatoms. The van der Waals surface area contributed by atoms with Gasteiger partial charge in [-0.05, 0) is 43.2 Å². The van der Waals surface area contributed by atoms with Gasteiger partial charge in [0.25, 0.3) is 0 Å². The van der Waals surface area contributed by atoms with Crippen molar-refractivity contribution < 1.29 is 4.74 Å². The van der Waals surface area contributed by atoms with Gasteiger partial charge in [-0.25, -0.2) is 0 Å². The lowest BCUT2D eigenvalue weighted by atomic mass is 10.1. The summed E-state index contributed by atoms with van der Waals surface area (Å²) in [5.41, 5.74) is 7.28. The molecule has 0 aliphatic rings. The highest BCUT2D eigenvalue weighted by molar-refractivity contribution is 7.16. The second-order valence-corrected chi connectivity index (χ2v) is 6.84. The van der Waals surface area contributed by atoms with E-state index in [0.29, 0.717) is 10.8 Å². The van der Waals surface area contributed by atoms with Gasteiger partial charge >= 0.3 is 0 Å². The standard InChI is InChI=1S/C15H17Cl2NOS/c1-3-11(18)15(13-6-7-14(17)20-13)19-12-5-4-9(2)8-10(12)16/h4-8,11,15H,3,18H2,1-2H3. The molecule has 2 rings (SSSR count). The van der Waals surface area contributed by atoms with Gasteiger partial charge in [0, 0.05) is 10.9 Å². The summed E-state index contributed by atoms with van der Waals surface area (Å²) in [6.07, 6.45) is 0.571. The maximum absolute atomic E-state index is 6.23. The van der Waals surface area contributed by atoms with Gasteiger partial charge in [0.15, 0.2) is 0 Å². The normalized spacial score (nSPS) is 14.1. The minimum absolute atomic E-state index is 0.109. The van der Waals surface area contributed by atoms with Gasteiger partial charge in [0.05, 0.1) is 9.36 Å². The third-order valence-corrected chi connectivity index (χ3v) is 4.66. The van der Waals surface area contributed by atoms with Gasteiger partial charge in [0.2, 0.25) is 0 Å².